The van der Waals surface area contributed by atoms with Gasteiger partial charge < -0.3 is 24.0 Å². The van der Waals surface area contributed by atoms with Crippen LogP contribution in [0.5, 0.6) is 0 Å². The predicted molar refractivity (Wildman–Crippen MR) is 121 cm³/mol. The van der Waals surface area contributed by atoms with E-state index in [4.69, 9.17) is 0 Å². The fourth-order valence-electron chi connectivity index (χ4n) is 4.73. The van der Waals surface area contributed by atoms with Gasteiger partial charge in [0.1, 0.15) is 23.2 Å². The van der Waals surface area contributed by atoms with Gasteiger partial charge in [0.15, 0.2) is 0 Å². The van der Waals surface area contributed by atoms with Gasteiger partial charge in [0.25, 0.3) is 0 Å². The maximum atomic E-state index is 2.37. The Morgan fingerprint density at radius 3 is 1.36 bits per heavy atom. The van der Waals surface area contributed by atoms with Gasteiger partial charge in [0, 0.05) is 0 Å². The molecule has 1 fully saturated rings. The number of hydrogen-bond donors (Lipinski definition) is 0. The van der Waals surface area contributed by atoms with Crippen molar-refractivity contribution in [2.75, 3.05) is 6.16 Å². The van der Waals surface area contributed by atoms with Crippen LogP contribution in [0.2, 0.25) is 0 Å². The molecular weight excluding hydrogens is 470 g/mol. The minimum Gasteiger partial charge on any atom is -1.00 e. The Morgan fingerprint density at radius 1 is 0.571 bits per heavy atom. The summed E-state index contributed by atoms with van der Waals surface area (Å²) < 4.78 is 0. The summed E-state index contributed by atoms with van der Waals surface area (Å²) in [6.07, 6.45) is 9.79. The van der Waals surface area contributed by atoms with E-state index in [1.54, 1.807) is 0 Å². The summed E-state index contributed by atoms with van der Waals surface area (Å²) in [6, 6.07) is 34.0. The first-order valence-corrected chi connectivity index (χ1v) is 12.4. The van der Waals surface area contributed by atoms with E-state index in [1.807, 2.05) is 0 Å². The molecule has 0 heterocycles. The van der Waals surface area contributed by atoms with E-state index in [0.717, 1.165) is 5.92 Å². The molecule has 1 aliphatic carbocycles. The average Bonchev–Trinajstić information content (AvgIpc) is 2.77. The van der Waals surface area contributed by atoms with Gasteiger partial charge in [-0.3, -0.25) is 0 Å². The van der Waals surface area contributed by atoms with Crippen molar-refractivity contribution in [1.29, 1.82) is 0 Å². The van der Waals surface area contributed by atoms with Gasteiger partial charge in [-0.2, -0.15) is 0 Å². The smallest absolute Gasteiger partial charge is 0.112 e. The maximum Gasteiger partial charge on any atom is 0.112 e. The summed E-state index contributed by atoms with van der Waals surface area (Å²) in [4.78, 5) is 0. The highest BCUT2D eigenvalue weighted by Gasteiger charge is 2.45. The van der Waals surface area contributed by atoms with Gasteiger partial charge >= 0.3 is 0 Å². The molecule has 2 heteroatoms. The van der Waals surface area contributed by atoms with E-state index < -0.39 is 7.26 Å². The van der Waals surface area contributed by atoms with E-state index in [0.29, 0.717) is 0 Å². The molecule has 3 aromatic carbocycles. The fourth-order valence-corrected chi connectivity index (χ4v) is 9.20. The molecule has 28 heavy (non-hydrogen) atoms. The molecule has 0 saturated heterocycles. The number of rotatable bonds is 6. The second-order valence-corrected chi connectivity index (χ2v) is 11.4. The molecule has 1 saturated carbocycles. The van der Waals surface area contributed by atoms with E-state index in [1.165, 1.54) is 60.6 Å². The number of benzene rings is 3. The Balaban J connectivity index is 0.00000225. The van der Waals surface area contributed by atoms with Gasteiger partial charge in [-0.15, -0.1) is 0 Å². The van der Waals surface area contributed by atoms with E-state index in [2.05, 4.69) is 91.0 Å². The zero-order valence-corrected chi connectivity index (χ0v) is 19.6. The molecule has 0 bridgehead atoms. The highest BCUT2D eigenvalue weighted by molar-refractivity contribution is 7.95. The standard InChI is InChI=1S/C26H30P.HI/c1-5-13-23(14-6-1)21-22-27(24-15-7-2-8-16-24,25-17-9-3-10-18-25)26-19-11-4-12-20-26;/h2-4,7-12,15-20,23H,1,5-6,13-14,21-22H2;1H/q+1;/p-1. The second kappa shape index (κ2) is 10.6. The van der Waals surface area contributed by atoms with Crippen LogP contribution in [0.1, 0.15) is 38.5 Å². The highest BCUT2D eigenvalue weighted by atomic mass is 127. The van der Waals surface area contributed by atoms with Crippen molar-refractivity contribution in [2.45, 2.75) is 38.5 Å². The first kappa shape index (κ1) is 21.5. The molecule has 1 aliphatic rings. The first-order chi connectivity index (χ1) is 13.4. The SMILES string of the molecule is [I-].c1ccc([P+](CCC2CCCCC2)(c2ccccc2)c2ccccc2)cc1. The highest BCUT2D eigenvalue weighted by Crippen LogP contribution is 2.56. The molecule has 0 unspecified atom stereocenters. The fraction of sp³-hybridized carbons (Fsp3) is 0.308. The van der Waals surface area contributed by atoms with Crippen LogP contribution < -0.4 is 39.9 Å². The summed E-state index contributed by atoms with van der Waals surface area (Å²) in [6.45, 7) is 0. The molecule has 0 radical (unpaired) electrons. The summed E-state index contributed by atoms with van der Waals surface area (Å²) >= 11 is 0. The Kier molecular flexibility index (Phi) is 8.11. The zero-order chi connectivity index (χ0) is 18.4. The molecule has 0 N–H and O–H groups in total. The van der Waals surface area contributed by atoms with Gasteiger partial charge in [0.2, 0.25) is 0 Å². The van der Waals surface area contributed by atoms with Crippen molar-refractivity contribution in [3.8, 4) is 0 Å². The summed E-state index contributed by atoms with van der Waals surface area (Å²) in [5, 5.41) is 4.58. The topological polar surface area (TPSA) is 0 Å². The van der Waals surface area contributed by atoms with Gasteiger partial charge in [-0.05, 0) is 48.7 Å². The van der Waals surface area contributed by atoms with Crippen molar-refractivity contribution in [3.05, 3.63) is 91.0 Å². The van der Waals surface area contributed by atoms with Crippen LogP contribution in [-0.4, -0.2) is 6.16 Å². The van der Waals surface area contributed by atoms with Gasteiger partial charge in [-0.25, -0.2) is 0 Å². The molecule has 4 rings (SSSR count). The lowest BCUT2D eigenvalue weighted by atomic mass is 9.88. The lowest BCUT2D eigenvalue weighted by Gasteiger charge is -2.30. The van der Waals surface area contributed by atoms with Crippen LogP contribution in [0.3, 0.4) is 0 Å². The summed E-state index contributed by atoms with van der Waals surface area (Å²) in [5.41, 5.74) is 0. The van der Waals surface area contributed by atoms with Crippen LogP contribution in [0.4, 0.5) is 0 Å². The van der Waals surface area contributed by atoms with Crippen molar-refractivity contribution in [3.63, 3.8) is 0 Å². The molecule has 146 valence electrons. The maximum absolute atomic E-state index is 2.37. The van der Waals surface area contributed by atoms with Gasteiger partial charge in [-0.1, -0.05) is 86.7 Å². The monoisotopic (exact) mass is 500 g/mol. The van der Waals surface area contributed by atoms with Crippen molar-refractivity contribution in [2.24, 2.45) is 5.92 Å². The third kappa shape index (κ3) is 4.69. The normalized spacial score (nSPS) is 15.0. The third-order valence-electron chi connectivity index (χ3n) is 6.19. The molecule has 0 aromatic heterocycles. The number of hydrogen-bond acceptors (Lipinski definition) is 0. The molecule has 0 spiro atoms. The lowest BCUT2D eigenvalue weighted by molar-refractivity contribution is -0.00000534. The van der Waals surface area contributed by atoms with Crippen LogP contribution in [0.25, 0.3) is 0 Å². The van der Waals surface area contributed by atoms with Crippen molar-refractivity contribution < 1.29 is 24.0 Å². The zero-order valence-electron chi connectivity index (χ0n) is 16.5. The van der Waals surface area contributed by atoms with Gasteiger partial charge in [0.05, 0.1) is 6.16 Å². The van der Waals surface area contributed by atoms with Crippen LogP contribution in [-0.2, 0) is 0 Å². The Morgan fingerprint density at radius 2 is 0.964 bits per heavy atom. The second-order valence-electron chi connectivity index (χ2n) is 7.83. The Bertz CT molecular complexity index is 714. The quantitative estimate of drug-likeness (QED) is 0.361. The third-order valence-corrected chi connectivity index (χ3v) is 10.7. The predicted octanol–water partition coefficient (Wildman–Crippen LogP) is 2.95. The molecule has 0 atom stereocenters. The van der Waals surface area contributed by atoms with Crippen molar-refractivity contribution in [1.82, 2.24) is 0 Å². The lowest BCUT2D eigenvalue weighted by Crippen LogP contribution is -3.00. The van der Waals surface area contributed by atoms with E-state index >= 15 is 0 Å². The molecule has 0 aliphatic heterocycles. The summed E-state index contributed by atoms with van der Waals surface area (Å²) in [5.74, 6) is 0.911. The first-order valence-electron chi connectivity index (χ1n) is 10.4. The van der Waals surface area contributed by atoms with E-state index in [-0.39, 0.29) is 24.0 Å². The Hall–Kier alpha value is -1.18. The largest absolute Gasteiger partial charge is 1.00 e. The van der Waals surface area contributed by atoms with Crippen LogP contribution in [0, 0.1) is 5.92 Å². The summed E-state index contributed by atoms with van der Waals surface area (Å²) in [7, 11) is -1.62. The van der Waals surface area contributed by atoms with E-state index in [9.17, 15) is 0 Å². The average molecular weight is 500 g/mol. The van der Waals surface area contributed by atoms with Crippen molar-refractivity contribution >= 4 is 23.2 Å². The van der Waals surface area contributed by atoms with Crippen LogP contribution in [0.15, 0.2) is 91.0 Å². The molecule has 3 aromatic rings. The minimum absolute atomic E-state index is 0. The molecule has 0 nitrogen and oxygen atoms in total. The molecule has 0 amide bonds. The number of halogens is 1. The van der Waals surface area contributed by atoms with Crippen LogP contribution >= 0.6 is 7.26 Å². The Labute approximate surface area is 188 Å². The molecular formula is C26H30IP. The minimum atomic E-state index is -1.62.